The van der Waals surface area contributed by atoms with Gasteiger partial charge in [0, 0.05) is 25.5 Å². The number of nitrogens with one attached hydrogen (secondary N) is 1. The van der Waals surface area contributed by atoms with Crippen molar-refractivity contribution in [3.05, 3.63) is 24.5 Å². The Labute approximate surface area is 94.5 Å². The van der Waals surface area contributed by atoms with E-state index in [4.69, 9.17) is 0 Å². The summed E-state index contributed by atoms with van der Waals surface area (Å²) in [5.74, 6) is 0.656. The van der Waals surface area contributed by atoms with Gasteiger partial charge in [0.2, 0.25) is 5.95 Å². The molecule has 0 aliphatic rings. The van der Waals surface area contributed by atoms with Crippen LogP contribution >= 0.6 is 0 Å². The third-order valence-corrected chi connectivity index (χ3v) is 2.27. The molecule has 1 N–H and O–H groups in total. The van der Waals surface area contributed by atoms with Crippen molar-refractivity contribution in [1.29, 1.82) is 0 Å². The van der Waals surface area contributed by atoms with Crippen LogP contribution in [0, 0.1) is 0 Å². The van der Waals surface area contributed by atoms with Gasteiger partial charge in [0.1, 0.15) is 0 Å². The molecule has 0 aliphatic heterocycles. The minimum atomic E-state index is 0.656. The first-order valence-corrected chi connectivity index (χ1v) is 5.44. The summed E-state index contributed by atoms with van der Waals surface area (Å²) in [4.78, 5) is 8.57. The second-order valence-electron chi connectivity index (χ2n) is 3.33. The van der Waals surface area contributed by atoms with Crippen molar-refractivity contribution in [1.82, 2.24) is 19.7 Å². The Kier molecular flexibility index (Phi) is 3.14. The van der Waals surface area contributed by atoms with Gasteiger partial charge in [0.05, 0.1) is 11.4 Å². The fraction of sp³-hybridized carbons (Fsp3) is 0.364. The van der Waals surface area contributed by atoms with Crippen molar-refractivity contribution < 1.29 is 0 Å². The molecule has 0 saturated carbocycles. The Morgan fingerprint density at radius 1 is 1.25 bits per heavy atom. The lowest BCUT2D eigenvalue weighted by atomic mass is 10.3. The number of anilines is 1. The van der Waals surface area contributed by atoms with Crippen LogP contribution in [0.4, 0.5) is 5.95 Å². The summed E-state index contributed by atoms with van der Waals surface area (Å²) in [7, 11) is 0. The zero-order valence-electron chi connectivity index (χ0n) is 9.51. The number of rotatable bonds is 4. The van der Waals surface area contributed by atoms with Gasteiger partial charge in [0.15, 0.2) is 0 Å². The smallest absolute Gasteiger partial charge is 0.223 e. The van der Waals surface area contributed by atoms with Crippen LogP contribution in [0.2, 0.25) is 0 Å². The highest BCUT2D eigenvalue weighted by molar-refractivity contribution is 5.55. The molecule has 5 heteroatoms. The van der Waals surface area contributed by atoms with Crippen LogP contribution in [0.5, 0.6) is 0 Å². The number of hydrogen-bond acceptors (Lipinski definition) is 4. The van der Waals surface area contributed by atoms with Crippen molar-refractivity contribution in [2.24, 2.45) is 0 Å². The zero-order chi connectivity index (χ0) is 11.4. The van der Waals surface area contributed by atoms with E-state index in [-0.39, 0.29) is 0 Å². The molecule has 0 aliphatic carbocycles. The molecule has 84 valence electrons. The Morgan fingerprint density at radius 3 is 2.88 bits per heavy atom. The minimum Gasteiger partial charge on any atom is -0.354 e. The summed E-state index contributed by atoms with van der Waals surface area (Å²) >= 11 is 0. The van der Waals surface area contributed by atoms with Crippen LogP contribution < -0.4 is 5.32 Å². The number of hydrogen-bond donors (Lipinski definition) is 1. The Bertz CT molecular complexity index is 463. The first kappa shape index (κ1) is 10.6. The average molecular weight is 217 g/mol. The summed E-state index contributed by atoms with van der Waals surface area (Å²) in [5.41, 5.74) is 1.91. The Morgan fingerprint density at radius 2 is 2.12 bits per heavy atom. The minimum absolute atomic E-state index is 0.656. The second kappa shape index (κ2) is 4.74. The van der Waals surface area contributed by atoms with Crippen LogP contribution in [-0.4, -0.2) is 26.3 Å². The lowest BCUT2D eigenvalue weighted by Crippen LogP contribution is -2.04. The molecule has 0 saturated heterocycles. The van der Waals surface area contributed by atoms with Crippen molar-refractivity contribution in [3.8, 4) is 11.4 Å². The fourth-order valence-corrected chi connectivity index (χ4v) is 1.55. The van der Waals surface area contributed by atoms with E-state index in [1.807, 2.05) is 23.7 Å². The van der Waals surface area contributed by atoms with E-state index >= 15 is 0 Å². The van der Waals surface area contributed by atoms with Crippen LogP contribution in [0.3, 0.4) is 0 Å². The highest BCUT2D eigenvalue weighted by Gasteiger charge is 2.06. The molecule has 0 atom stereocenters. The summed E-state index contributed by atoms with van der Waals surface area (Å²) < 4.78 is 1.91. The van der Waals surface area contributed by atoms with Crippen LogP contribution in [0.15, 0.2) is 24.5 Å². The maximum Gasteiger partial charge on any atom is 0.223 e. The average Bonchev–Trinajstić information content (AvgIpc) is 2.78. The van der Waals surface area contributed by atoms with Gasteiger partial charge in [-0.2, -0.15) is 5.10 Å². The highest BCUT2D eigenvalue weighted by atomic mass is 15.3. The predicted molar refractivity (Wildman–Crippen MR) is 63.1 cm³/mol. The molecule has 0 radical (unpaired) electrons. The maximum absolute atomic E-state index is 4.43. The van der Waals surface area contributed by atoms with Gasteiger partial charge < -0.3 is 5.32 Å². The maximum atomic E-state index is 4.43. The Hall–Kier alpha value is -1.91. The first-order chi connectivity index (χ1) is 7.85. The van der Waals surface area contributed by atoms with Gasteiger partial charge in [0.25, 0.3) is 0 Å². The molecule has 2 heterocycles. The molecule has 16 heavy (non-hydrogen) atoms. The summed E-state index contributed by atoms with van der Waals surface area (Å²) in [6.07, 6.45) is 3.54. The lowest BCUT2D eigenvalue weighted by molar-refractivity contribution is 0.665. The largest absolute Gasteiger partial charge is 0.354 e. The quantitative estimate of drug-likeness (QED) is 0.848. The van der Waals surface area contributed by atoms with E-state index in [1.54, 1.807) is 12.4 Å². The normalized spacial score (nSPS) is 10.4. The van der Waals surface area contributed by atoms with E-state index in [0.717, 1.165) is 24.5 Å². The number of aryl methyl sites for hydroxylation is 1. The van der Waals surface area contributed by atoms with Crippen LogP contribution in [-0.2, 0) is 6.54 Å². The molecule has 2 aromatic rings. The SMILES string of the molecule is CCNc1nccc(-c2ccnn2CC)n1. The topological polar surface area (TPSA) is 55.6 Å². The Balaban J connectivity index is 2.36. The molecule has 0 fully saturated rings. The molecule has 2 rings (SSSR count). The third kappa shape index (κ3) is 2.03. The van der Waals surface area contributed by atoms with Gasteiger partial charge in [-0.1, -0.05) is 0 Å². The van der Waals surface area contributed by atoms with Crippen LogP contribution in [0.25, 0.3) is 11.4 Å². The molecule has 0 spiro atoms. The zero-order valence-corrected chi connectivity index (χ0v) is 9.51. The highest BCUT2D eigenvalue weighted by Crippen LogP contribution is 2.16. The lowest BCUT2D eigenvalue weighted by Gasteiger charge is -2.06. The van der Waals surface area contributed by atoms with Crippen molar-refractivity contribution in [2.45, 2.75) is 20.4 Å². The summed E-state index contributed by atoms with van der Waals surface area (Å²) in [5, 5.41) is 7.32. The van der Waals surface area contributed by atoms with E-state index < -0.39 is 0 Å². The molecule has 0 unspecified atom stereocenters. The van der Waals surface area contributed by atoms with E-state index in [9.17, 15) is 0 Å². The summed E-state index contributed by atoms with van der Waals surface area (Å²) in [6.45, 7) is 5.73. The van der Waals surface area contributed by atoms with E-state index in [2.05, 4.69) is 27.3 Å². The van der Waals surface area contributed by atoms with Crippen LogP contribution in [0.1, 0.15) is 13.8 Å². The van der Waals surface area contributed by atoms with Gasteiger partial charge >= 0.3 is 0 Å². The second-order valence-corrected chi connectivity index (χ2v) is 3.33. The van der Waals surface area contributed by atoms with Gasteiger partial charge in [-0.25, -0.2) is 9.97 Å². The molecule has 5 nitrogen and oxygen atoms in total. The molecule has 0 bridgehead atoms. The molecule has 2 aromatic heterocycles. The fourth-order valence-electron chi connectivity index (χ4n) is 1.55. The molecule has 0 aromatic carbocycles. The summed E-state index contributed by atoms with van der Waals surface area (Å²) in [6, 6.07) is 3.85. The molecular formula is C11H15N5. The monoisotopic (exact) mass is 217 g/mol. The number of aromatic nitrogens is 4. The molecular weight excluding hydrogens is 202 g/mol. The van der Waals surface area contributed by atoms with Crippen molar-refractivity contribution >= 4 is 5.95 Å². The van der Waals surface area contributed by atoms with Gasteiger partial charge in [-0.15, -0.1) is 0 Å². The van der Waals surface area contributed by atoms with Gasteiger partial charge in [-0.05, 0) is 26.0 Å². The number of nitrogens with zero attached hydrogens (tertiary/aromatic N) is 4. The van der Waals surface area contributed by atoms with Crippen molar-refractivity contribution in [2.75, 3.05) is 11.9 Å². The van der Waals surface area contributed by atoms with E-state index in [0.29, 0.717) is 5.95 Å². The van der Waals surface area contributed by atoms with E-state index in [1.165, 1.54) is 0 Å². The standard InChI is InChI=1S/C11H15N5/c1-3-12-11-13-7-5-9(15-11)10-6-8-14-16(10)4-2/h5-8H,3-4H2,1-2H3,(H,12,13,15). The molecule has 0 amide bonds. The third-order valence-electron chi connectivity index (χ3n) is 2.27. The first-order valence-electron chi connectivity index (χ1n) is 5.44. The predicted octanol–water partition coefficient (Wildman–Crippen LogP) is 1.79. The van der Waals surface area contributed by atoms with Gasteiger partial charge in [-0.3, -0.25) is 4.68 Å². The van der Waals surface area contributed by atoms with Crippen molar-refractivity contribution in [3.63, 3.8) is 0 Å².